The van der Waals surface area contributed by atoms with Gasteiger partial charge in [0.05, 0.1) is 0 Å². The highest BCUT2D eigenvalue weighted by molar-refractivity contribution is 9.10. The summed E-state index contributed by atoms with van der Waals surface area (Å²) in [5.41, 5.74) is 9.19. The molecule has 110 valence electrons. The summed E-state index contributed by atoms with van der Waals surface area (Å²) < 4.78 is 1.12. The Balaban J connectivity index is 2.13. The van der Waals surface area contributed by atoms with Gasteiger partial charge in [-0.25, -0.2) is 0 Å². The highest BCUT2D eigenvalue weighted by atomic mass is 79.9. The van der Waals surface area contributed by atoms with Crippen LogP contribution in [-0.4, -0.2) is 24.5 Å². The zero-order chi connectivity index (χ0) is 14.8. The predicted molar refractivity (Wildman–Crippen MR) is 89.7 cm³/mol. The quantitative estimate of drug-likeness (QED) is 0.841. The minimum atomic E-state index is 0.292. The van der Waals surface area contributed by atoms with Crippen molar-refractivity contribution in [3.8, 4) is 0 Å². The Morgan fingerprint density at radius 1 is 1.35 bits per heavy atom. The largest absolute Gasteiger partial charge is 0.329 e. The molecule has 1 atom stereocenters. The van der Waals surface area contributed by atoms with Gasteiger partial charge in [0.2, 0.25) is 0 Å². The van der Waals surface area contributed by atoms with Crippen molar-refractivity contribution in [3.05, 3.63) is 46.0 Å². The van der Waals surface area contributed by atoms with Crippen LogP contribution in [0.15, 0.2) is 40.4 Å². The number of hydrogen-bond donors (Lipinski definition) is 1. The van der Waals surface area contributed by atoms with Gasteiger partial charge in [-0.15, -0.1) is 0 Å². The molecule has 1 aromatic rings. The molecule has 20 heavy (non-hydrogen) atoms. The lowest BCUT2D eigenvalue weighted by atomic mass is 9.82. The van der Waals surface area contributed by atoms with Gasteiger partial charge in [0.25, 0.3) is 0 Å². The molecule has 1 unspecified atom stereocenters. The van der Waals surface area contributed by atoms with E-state index in [-0.39, 0.29) is 0 Å². The molecule has 0 radical (unpaired) electrons. The standard InChI is InChI=1S/C17H25BrN2/c1-17(2,3)14-7-9-20(10-8-14)16(12-19)13-5-4-6-15(18)11-13/h4-7,11,16H,8-10,12,19H2,1-3H3. The third-order valence-corrected chi connectivity index (χ3v) is 4.59. The first-order valence-corrected chi connectivity index (χ1v) is 8.10. The van der Waals surface area contributed by atoms with Crippen molar-refractivity contribution >= 4 is 15.9 Å². The Morgan fingerprint density at radius 3 is 2.60 bits per heavy atom. The molecule has 0 aliphatic carbocycles. The maximum atomic E-state index is 6.03. The van der Waals surface area contributed by atoms with Gasteiger partial charge in [0.1, 0.15) is 0 Å². The van der Waals surface area contributed by atoms with Gasteiger partial charge in [-0.1, -0.05) is 60.5 Å². The van der Waals surface area contributed by atoms with E-state index < -0.39 is 0 Å². The lowest BCUT2D eigenvalue weighted by molar-refractivity contribution is 0.209. The predicted octanol–water partition coefficient (Wildman–Crippen LogP) is 4.13. The molecule has 2 N–H and O–H groups in total. The van der Waals surface area contributed by atoms with Crippen molar-refractivity contribution in [3.63, 3.8) is 0 Å². The fraction of sp³-hybridized carbons (Fsp3) is 0.529. The Morgan fingerprint density at radius 2 is 2.10 bits per heavy atom. The van der Waals surface area contributed by atoms with E-state index in [1.807, 2.05) is 0 Å². The number of hydrogen-bond acceptors (Lipinski definition) is 2. The second kappa shape index (κ2) is 6.42. The number of benzene rings is 1. The number of rotatable bonds is 3. The van der Waals surface area contributed by atoms with Crippen LogP contribution in [0.1, 0.15) is 38.8 Å². The molecule has 1 aliphatic heterocycles. The van der Waals surface area contributed by atoms with Crippen molar-refractivity contribution in [2.45, 2.75) is 33.2 Å². The van der Waals surface area contributed by atoms with Gasteiger partial charge in [-0.3, -0.25) is 4.90 Å². The van der Waals surface area contributed by atoms with Crippen LogP contribution in [-0.2, 0) is 0 Å². The first-order chi connectivity index (χ1) is 9.41. The summed E-state index contributed by atoms with van der Waals surface area (Å²) >= 11 is 3.55. The zero-order valence-corrected chi connectivity index (χ0v) is 14.3. The van der Waals surface area contributed by atoms with Gasteiger partial charge in [0.15, 0.2) is 0 Å². The third kappa shape index (κ3) is 3.72. The van der Waals surface area contributed by atoms with Crippen molar-refractivity contribution in [1.82, 2.24) is 4.90 Å². The van der Waals surface area contributed by atoms with E-state index in [1.54, 1.807) is 5.57 Å². The summed E-state index contributed by atoms with van der Waals surface area (Å²) in [5, 5.41) is 0. The van der Waals surface area contributed by atoms with Gasteiger partial charge >= 0.3 is 0 Å². The number of nitrogens with two attached hydrogens (primary N) is 1. The van der Waals surface area contributed by atoms with Crippen molar-refractivity contribution < 1.29 is 0 Å². The second-order valence-corrected chi connectivity index (χ2v) is 7.45. The Labute approximate surface area is 131 Å². The topological polar surface area (TPSA) is 29.3 Å². The van der Waals surface area contributed by atoms with Crippen LogP contribution >= 0.6 is 15.9 Å². The van der Waals surface area contributed by atoms with Crippen molar-refractivity contribution in [1.29, 1.82) is 0 Å². The third-order valence-electron chi connectivity index (χ3n) is 4.10. The van der Waals surface area contributed by atoms with Crippen LogP contribution in [0, 0.1) is 5.41 Å². The highest BCUT2D eigenvalue weighted by Gasteiger charge is 2.25. The smallest absolute Gasteiger partial charge is 0.0474 e. The van der Waals surface area contributed by atoms with Crippen molar-refractivity contribution in [2.24, 2.45) is 11.1 Å². The van der Waals surface area contributed by atoms with E-state index in [4.69, 9.17) is 5.73 Å². The second-order valence-electron chi connectivity index (χ2n) is 6.53. The maximum Gasteiger partial charge on any atom is 0.0474 e. The van der Waals surface area contributed by atoms with Gasteiger partial charge in [0, 0.05) is 30.1 Å². The summed E-state index contributed by atoms with van der Waals surface area (Å²) in [7, 11) is 0. The number of nitrogens with zero attached hydrogens (tertiary/aromatic N) is 1. The average molecular weight is 337 g/mol. The molecular weight excluding hydrogens is 312 g/mol. The molecule has 0 spiro atoms. The monoisotopic (exact) mass is 336 g/mol. The van der Waals surface area contributed by atoms with E-state index in [1.165, 1.54) is 5.56 Å². The molecule has 1 aromatic carbocycles. The first-order valence-electron chi connectivity index (χ1n) is 7.31. The lowest BCUT2D eigenvalue weighted by Crippen LogP contribution is -2.38. The molecule has 0 saturated heterocycles. The van der Waals surface area contributed by atoms with Gasteiger partial charge in [-0.05, 0) is 29.5 Å². The van der Waals surface area contributed by atoms with E-state index in [0.29, 0.717) is 18.0 Å². The summed E-state index contributed by atoms with van der Waals surface area (Å²) in [4.78, 5) is 2.48. The molecule has 0 bridgehead atoms. The van der Waals surface area contributed by atoms with Crippen LogP contribution < -0.4 is 5.73 Å². The molecule has 1 aliphatic rings. The normalized spacial score (nSPS) is 18.8. The molecule has 0 aromatic heterocycles. The molecule has 0 saturated carbocycles. The molecule has 0 fully saturated rings. The fourth-order valence-electron chi connectivity index (χ4n) is 2.86. The molecule has 1 heterocycles. The molecule has 0 amide bonds. The van der Waals surface area contributed by atoms with Crippen LogP contribution in [0.2, 0.25) is 0 Å². The Kier molecular flexibility index (Phi) is 5.05. The van der Waals surface area contributed by atoms with E-state index in [0.717, 1.165) is 24.0 Å². The molecular formula is C17H25BrN2. The lowest BCUT2D eigenvalue weighted by Gasteiger charge is -2.36. The molecule has 3 heteroatoms. The Hall–Kier alpha value is -0.640. The highest BCUT2D eigenvalue weighted by Crippen LogP contribution is 2.32. The van der Waals surface area contributed by atoms with Gasteiger partial charge < -0.3 is 5.73 Å². The first kappa shape index (κ1) is 15.7. The number of halogens is 1. The average Bonchev–Trinajstić information content (AvgIpc) is 2.39. The summed E-state index contributed by atoms with van der Waals surface area (Å²) in [5.74, 6) is 0. The minimum absolute atomic E-state index is 0.292. The van der Waals surface area contributed by atoms with E-state index in [2.05, 4.69) is 71.9 Å². The van der Waals surface area contributed by atoms with Crippen LogP contribution in [0.25, 0.3) is 0 Å². The Bertz CT molecular complexity index is 488. The van der Waals surface area contributed by atoms with Crippen LogP contribution in [0.3, 0.4) is 0 Å². The molecule has 2 rings (SSSR count). The SMILES string of the molecule is CC(C)(C)C1=CCN(C(CN)c2cccc(Br)c2)CC1. The van der Waals surface area contributed by atoms with Gasteiger partial charge in [-0.2, -0.15) is 0 Å². The van der Waals surface area contributed by atoms with E-state index >= 15 is 0 Å². The van der Waals surface area contributed by atoms with Crippen LogP contribution in [0.4, 0.5) is 0 Å². The zero-order valence-electron chi connectivity index (χ0n) is 12.7. The minimum Gasteiger partial charge on any atom is -0.329 e. The maximum absolute atomic E-state index is 6.03. The van der Waals surface area contributed by atoms with E-state index in [9.17, 15) is 0 Å². The fourth-order valence-corrected chi connectivity index (χ4v) is 3.28. The van der Waals surface area contributed by atoms with Crippen molar-refractivity contribution in [2.75, 3.05) is 19.6 Å². The summed E-state index contributed by atoms with van der Waals surface area (Å²) in [6.45, 7) is 9.64. The molecule has 2 nitrogen and oxygen atoms in total. The summed E-state index contributed by atoms with van der Waals surface area (Å²) in [6.07, 6.45) is 3.54. The van der Waals surface area contributed by atoms with Crippen LogP contribution in [0.5, 0.6) is 0 Å². The summed E-state index contributed by atoms with van der Waals surface area (Å²) in [6, 6.07) is 8.81.